The van der Waals surface area contributed by atoms with Crippen LogP contribution in [0, 0.1) is 6.92 Å². The number of benzene rings is 2. The zero-order chi connectivity index (χ0) is 18.5. The van der Waals surface area contributed by atoms with Crippen LogP contribution < -0.4 is 5.32 Å². The smallest absolute Gasteiger partial charge is 0.230 e. The van der Waals surface area contributed by atoms with Crippen molar-refractivity contribution in [3.63, 3.8) is 0 Å². The Morgan fingerprint density at radius 1 is 1.23 bits per heavy atom. The Morgan fingerprint density at radius 3 is 2.81 bits per heavy atom. The molecule has 0 saturated heterocycles. The molecule has 3 aromatic rings. The molecule has 0 saturated carbocycles. The number of hydrogen-bond acceptors (Lipinski definition) is 4. The van der Waals surface area contributed by atoms with Gasteiger partial charge in [-0.15, -0.1) is 11.3 Å². The van der Waals surface area contributed by atoms with E-state index in [1.54, 1.807) is 17.8 Å². The van der Waals surface area contributed by atoms with Crippen molar-refractivity contribution in [2.24, 2.45) is 0 Å². The van der Waals surface area contributed by atoms with Crippen molar-refractivity contribution in [3.05, 3.63) is 74.7 Å². The number of halogens is 2. The van der Waals surface area contributed by atoms with E-state index >= 15 is 0 Å². The first-order valence-corrected chi connectivity index (χ1v) is 10.5. The average Bonchev–Trinajstić information content (AvgIpc) is 3.03. The maximum absolute atomic E-state index is 12.2. The number of rotatable bonds is 6. The van der Waals surface area contributed by atoms with Crippen molar-refractivity contribution in [3.8, 4) is 0 Å². The summed E-state index contributed by atoms with van der Waals surface area (Å²) in [5, 5.41) is 6.12. The molecule has 0 aliphatic carbocycles. The summed E-state index contributed by atoms with van der Waals surface area (Å²) in [6.07, 6.45) is 0.257. The van der Waals surface area contributed by atoms with Crippen LogP contribution in [0.4, 0.5) is 5.69 Å². The highest BCUT2D eigenvalue weighted by molar-refractivity contribution is 8.00. The molecule has 2 aromatic carbocycles. The number of thioether (sulfide) groups is 1. The quantitative estimate of drug-likeness (QED) is 0.478. The number of aromatic nitrogens is 1. The summed E-state index contributed by atoms with van der Waals surface area (Å²) in [6, 6.07) is 13.2. The Bertz CT molecular complexity index is 927. The summed E-state index contributed by atoms with van der Waals surface area (Å²) in [5.41, 5.74) is 3.65. The average molecular weight is 423 g/mol. The number of thiazole rings is 1. The molecule has 1 heterocycles. The first kappa shape index (κ1) is 19.2. The molecule has 0 aliphatic rings. The van der Waals surface area contributed by atoms with E-state index in [1.807, 2.05) is 48.7 Å². The predicted molar refractivity (Wildman–Crippen MR) is 112 cm³/mol. The summed E-state index contributed by atoms with van der Waals surface area (Å²) >= 11 is 15.2. The van der Waals surface area contributed by atoms with Crippen molar-refractivity contribution in [2.45, 2.75) is 23.4 Å². The van der Waals surface area contributed by atoms with Crippen LogP contribution in [0.5, 0.6) is 0 Å². The van der Waals surface area contributed by atoms with Crippen LogP contribution in [0.15, 0.2) is 52.2 Å². The lowest BCUT2D eigenvalue weighted by Crippen LogP contribution is -2.15. The van der Waals surface area contributed by atoms with Gasteiger partial charge in [0.2, 0.25) is 5.91 Å². The van der Waals surface area contributed by atoms with Crippen molar-refractivity contribution in [2.75, 3.05) is 5.32 Å². The summed E-state index contributed by atoms with van der Waals surface area (Å²) in [5.74, 6) is 0.639. The van der Waals surface area contributed by atoms with Crippen molar-refractivity contribution >= 4 is 57.9 Å². The Balaban J connectivity index is 1.56. The number of hydrogen-bond donors (Lipinski definition) is 1. The van der Waals surface area contributed by atoms with E-state index in [0.29, 0.717) is 15.8 Å². The number of amides is 1. The summed E-state index contributed by atoms with van der Waals surface area (Å²) in [4.78, 5) is 16.7. The highest BCUT2D eigenvalue weighted by atomic mass is 35.5. The largest absolute Gasteiger partial charge is 0.326 e. The minimum Gasteiger partial charge on any atom is -0.326 e. The van der Waals surface area contributed by atoms with Gasteiger partial charge in [-0.25, -0.2) is 4.98 Å². The maximum Gasteiger partial charge on any atom is 0.230 e. The van der Waals surface area contributed by atoms with Gasteiger partial charge in [0.1, 0.15) is 4.34 Å². The van der Waals surface area contributed by atoms with Gasteiger partial charge in [-0.05, 0) is 36.2 Å². The number of carbonyl (C=O) groups excluding carboxylic acids is 1. The molecule has 1 aromatic heterocycles. The Kier molecular flexibility index (Phi) is 6.59. The fourth-order valence-corrected chi connectivity index (χ4v) is 4.69. The molecule has 26 heavy (non-hydrogen) atoms. The van der Waals surface area contributed by atoms with Crippen LogP contribution in [0.3, 0.4) is 0 Å². The number of nitrogens with one attached hydrogen (secondary N) is 1. The molecular weight excluding hydrogens is 407 g/mol. The molecule has 3 rings (SSSR count). The highest BCUT2D eigenvalue weighted by Crippen LogP contribution is 2.30. The summed E-state index contributed by atoms with van der Waals surface area (Å²) in [6.45, 7) is 1.97. The number of aryl methyl sites for hydroxylation is 1. The molecular formula is C19H16Cl2N2OS2. The maximum atomic E-state index is 12.2. The van der Waals surface area contributed by atoms with E-state index in [9.17, 15) is 4.79 Å². The minimum absolute atomic E-state index is 0.0677. The Labute approximate surface area is 170 Å². The fourth-order valence-electron chi connectivity index (χ4n) is 2.29. The third-order valence-electron chi connectivity index (χ3n) is 3.66. The van der Waals surface area contributed by atoms with Gasteiger partial charge in [-0.2, -0.15) is 0 Å². The molecule has 0 atom stereocenters. The Morgan fingerprint density at radius 2 is 2.04 bits per heavy atom. The van der Waals surface area contributed by atoms with E-state index in [1.165, 1.54) is 11.3 Å². The molecule has 3 nitrogen and oxygen atoms in total. The second-order valence-electron chi connectivity index (χ2n) is 5.67. The molecule has 1 amide bonds. The second kappa shape index (κ2) is 8.91. The second-order valence-corrected chi connectivity index (χ2v) is 8.59. The van der Waals surface area contributed by atoms with E-state index < -0.39 is 0 Å². The zero-order valence-electron chi connectivity index (χ0n) is 14.0. The van der Waals surface area contributed by atoms with Crippen LogP contribution in [0.25, 0.3) is 0 Å². The lowest BCUT2D eigenvalue weighted by atomic mass is 10.2. The standard InChI is InChI=1S/C19H16Cl2N2OS2/c1-12-4-2-3-5-17(12)23-18(24)9-15-11-26-19(22-15)25-10-13-6-7-14(20)8-16(13)21/h2-8,11H,9-10H2,1H3,(H,23,24). The molecule has 134 valence electrons. The Hall–Kier alpha value is -1.53. The summed E-state index contributed by atoms with van der Waals surface area (Å²) < 4.78 is 0.912. The van der Waals surface area contributed by atoms with Gasteiger partial charge in [-0.3, -0.25) is 4.79 Å². The number of para-hydroxylation sites is 1. The summed E-state index contributed by atoms with van der Waals surface area (Å²) in [7, 11) is 0. The molecule has 0 bridgehead atoms. The van der Waals surface area contributed by atoms with Crippen molar-refractivity contribution in [1.82, 2.24) is 4.98 Å². The molecule has 0 spiro atoms. The van der Waals surface area contributed by atoms with Crippen LogP contribution in [-0.2, 0) is 17.0 Å². The van der Waals surface area contributed by atoms with Crippen LogP contribution in [0.1, 0.15) is 16.8 Å². The van der Waals surface area contributed by atoms with E-state index in [-0.39, 0.29) is 12.3 Å². The predicted octanol–water partition coefficient (Wildman–Crippen LogP) is 6.23. The molecule has 1 N–H and O–H groups in total. The lowest BCUT2D eigenvalue weighted by molar-refractivity contribution is -0.115. The van der Waals surface area contributed by atoms with Gasteiger partial charge in [-0.1, -0.05) is 59.2 Å². The van der Waals surface area contributed by atoms with Crippen LogP contribution in [-0.4, -0.2) is 10.9 Å². The van der Waals surface area contributed by atoms with Gasteiger partial charge in [0, 0.05) is 26.9 Å². The lowest BCUT2D eigenvalue weighted by Gasteiger charge is -2.06. The first-order chi connectivity index (χ1) is 12.5. The van der Waals surface area contributed by atoms with Gasteiger partial charge in [0.05, 0.1) is 12.1 Å². The minimum atomic E-state index is -0.0677. The third-order valence-corrected chi connectivity index (χ3v) is 6.36. The molecule has 0 radical (unpaired) electrons. The fraction of sp³-hybridized carbons (Fsp3) is 0.158. The molecule has 0 unspecified atom stereocenters. The van der Waals surface area contributed by atoms with Gasteiger partial charge in [0.25, 0.3) is 0 Å². The van der Waals surface area contributed by atoms with E-state index in [0.717, 1.165) is 26.8 Å². The molecule has 0 aliphatic heterocycles. The monoisotopic (exact) mass is 422 g/mol. The number of anilines is 1. The first-order valence-electron chi connectivity index (χ1n) is 7.88. The van der Waals surface area contributed by atoms with Gasteiger partial charge < -0.3 is 5.32 Å². The van der Waals surface area contributed by atoms with Crippen molar-refractivity contribution < 1.29 is 4.79 Å². The van der Waals surface area contributed by atoms with Crippen molar-refractivity contribution in [1.29, 1.82) is 0 Å². The highest BCUT2D eigenvalue weighted by Gasteiger charge is 2.10. The number of nitrogens with zero attached hydrogens (tertiary/aromatic N) is 1. The molecule has 7 heteroatoms. The third kappa shape index (κ3) is 5.24. The number of carbonyl (C=O) groups is 1. The SMILES string of the molecule is Cc1ccccc1NC(=O)Cc1csc(SCc2ccc(Cl)cc2Cl)n1. The topological polar surface area (TPSA) is 42.0 Å². The van der Waals surface area contributed by atoms with Gasteiger partial charge >= 0.3 is 0 Å². The zero-order valence-corrected chi connectivity index (χ0v) is 17.1. The van der Waals surface area contributed by atoms with Crippen LogP contribution in [0.2, 0.25) is 10.0 Å². The van der Waals surface area contributed by atoms with E-state index in [4.69, 9.17) is 23.2 Å². The van der Waals surface area contributed by atoms with Crippen LogP contribution >= 0.6 is 46.3 Å². The van der Waals surface area contributed by atoms with E-state index in [2.05, 4.69) is 10.3 Å². The normalized spacial score (nSPS) is 10.7. The van der Waals surface area contributed by atoms with Gasteiger partial charge in [0.15, 0.2) is 0 Å². The molecule has 0 fully saturated rings.